The molecule has 19 heavy (non-hydrogen) atoms. The van der Waals surface area contributed by atoms with Gasteiger partial charge < -0.3 is 10.2 Å². The zero-order valence-corrected chi connectivity index (χ0v) is 13.2. The fourth-order valence-electron chi connectivity index (χ4n) is 2.84. The Morgan fingerprint density at radius 2 is 2.11 bits per heavy atom. The van der Waals surface area contributed by atoms with E-state index in [4.69, 9.17) is 11.6 Å². The molecule has 106 valence electrons. The molecule has 0 spiro atoms. The van der Waals surface area contributed by atoms with Crippen LogP contribution in [0.1, 0.15) is 45.2 Å². The van der Waals surface area contributed by atoms with Gasteiger partial charge in [-0.25, -0.2) is 0 Å². The minimum Gasteiger partial charge on any atom is -0.370 e. The molecule has 0 aromatic heterocycles. The summed E-state index contributed by atoms with van der Waals surface area (Å²) in [5.74, 6) is 0. The number of rotatable bonds is 3. The minimum atomic E-state index is 0.337. The fraction of sp³-hybridized carbons (Fsp3) is 0.625. The van der Waals surface area contributed by atoms with Gasteiger partial charge in [-0.1, -0.05) is 31.5 Å². The van der Waals surface area contributed by atoms with Crippen LogP contribution in [0.4, 0.5) is 5.69 Å². The molecule has 0 saturated carbocycles. The third-order valence-electron chi connectivity index (χ3n) is 4.15. The first kappa shape index (κ1) is 14.7. The maximum atomic E-state index is 6.49. The van der Waals surface area contributed by atoms with Gasteiger partial charge in [-0.2, -0.15) is 0 Å². The summed E-state index contributed by atoms with van der Waals surface area (Å²) in [4.78, 5) is 2.43. The monoisotopic (exact) mass is 280 g/mol. The number of piperidine rings is 1. The second kappa shape index (κ2) is 5.72. The Kier molecular flexibility index (Phi) is 4.42. The van der Waals surface area contributed by atoms with Crippen molar-refractivity contribution in [2.45, 2.75) is 39.7 Å². The minimum absolute atomic E-state index is 0.337. The van der Waals surface area contributed by atoms with Gasteiger partial charge in [-0.3, -0.25) is 0 Å². The molecule has 0 bridgehead atoms. The van der Waals surface area contributed by atoms with E-state index in [1.165, 1.54) is 24.1 Å². The van der Waals surface area contributed by atoms with Crippen LogP contribution >= 0.6 is 11.6 Å². The number of hydrogen-bond acceptors (Lipinski definition) is 2. The molecule has 1 atom stereocenters. The maximum Gasteiger partial charge on any atom is 0.0642 e. The van der Waals surface area contributed by atoms with Crippen molar-refractivity contribution >= 4 is 17.3 Å². The van der Waals surface area contributed by atoms with Crippen LogP contribution in [-0.4, -0.2) is 20.1 Å². The van der Waals surface area contributed by atoms with E-state index in [0.717, 1.165) is 18.1 Å². The van der Waals surface area contributed by atoms with Crippen molar-refractivity contribution in [3.05, 3.63) is 28.8 Å². The van der Waals surface area contributed by atoms with Crippen molar-refractivity contribution in [1.29, 1.82) is 0 Å². The lowest BCUT2D eigenvalue weighted by Gasteiger charge is -2.40. The quantitative estimate of drug-likeness (QED) is 0.891. The summed E-state index contributed by atoms with van der Waals surface area (Å²) in [7, 11) is 1.97. The highest BCUT2D eigenvalue weighted by Crippen LogP contribution is 2.35. The van der Waals surface area contributed by atoms with Crippen LogP contribution in [-0.2, 0) is 0 Å². The van der Waals surface area contributed by atoms with Crippen LogP contribution in [0.15, 0.2) is 18.2 Å². The first-order chi connectivity index (χ1) is 8.93. The molecule has 3 heteroatoms. The molecule has 1 saturated heterocycles. The molecule has 2 rings (SSSR count). The average Bonchev–Trinajstić information content (AvgIpc) is 2.36. The van der Waals surface area contributed by atoms with Crippen molar-refractivity contribution in [1.82, 2.24) is 5.32 Å². The van der Waals surface area contributed by atoms with Crippen molar-refractivity contribution in [2.75, 3.05) is 25.0 Å². The van der Waals surface area contributed by atoms with Gasteiger partial charge in [0.25, 0.3) is 0 Å². The largest absolute Gasteiger partial charge is 0.370 e. The van der Waals surface area contributed by atoms with Gasteiger partial charge >= 0.3 is 0 Å². The second-order valence-electron chi connectivity index (χ2n) is 6.41. The Bertz CT molecular complexity index is 442. The molecule has 1 N–H and O–H groups in total. The molecular weight excluding hydrogens is 256 g/mol. The molecule has 1 heterocycles. The van der Waals surface area contributed by atoms with Crippen LogP contribution < -0.4 is 10.2 Å². The van der Waals surface area contributed by atoms with Crippen LogP contribution in [0.5, 0.6) is 0 Å². The van der Waals surface area contributed by atoms with Crippen LogP contribution in [0.25, 0.3) is 0 Å². The number of nitrogens with zero attached hydrogens (tertiary/aromatic N) is 1. The molecule has 2 nitrogen and oxygen atoms in total. The van der Waals surface area contributed by atoms with E-state index in [1.54, 1.807) is 0 Å². The molecule has 1 unspecified atom stereocenters. The summed E-state index contributed by atoms with van der Waals surface area (Å²) in [5.41, 5.74) is 2.81. The van der Waals surface area contributed by atoms with Crippen LogP contribution in [0.2, 0.25) is 5.02 Å². The number of nitrogens with one attached hydrogen (secondary N) is 1. The van der Waals surface area contributed by atoms with Crippen molar-refractivity contribution in [2.24, 2.45) is 5.41 Å². The zero-order chi connectivity index (χ0) is 14.0. The van der Waals surface area contributed by atoms with Crippen LogP contribution in [0.3, 0.4) is 0 Å². The Morgan fingerprint density at radius 3 is 2.68 bits per heavy atom. The third kappa shape index (κ3) is 3.43. The fourth-order valence-corrected chi connectivity index (χ4v) is 3.15. The summed E-state index contributed by atoms with van der Waals surface area (Å²) in [6.45, 7) is 9.03. The molecule has 1 aromatic rings. The molecule has 0 radical (unpaired) electrons. The number of halogens is 1. The lowest BCUT2D eigenvalue weighted by molar-refractivity contribution is 0.293. The van der Waals surface area contributed by atoms with Crippen molar-refractivity contribution < 1.29 is 0 Å². The Morgan fingerprint density at radius 1 is 1.37 bits per heavy atom. The molecule has 1 aromatic carbocycles. The first-order valence-corrected chi connectivity index (χ1v) is 7.52. The van der Waals surface area contributed by atoms with E-state index in [-0.39, 0.29) is 0 Å². The standard InChI is InChI=1S/C16H25ClN2/c1-12(18-4)13-6-7-15(14(17)10-13)19-9-5-8-16(2,3)11-19/h6-7,10,12,18H,5,8-9,11H2,1-4H3. The number of anilines is 1. The van der Waals surface area contributed by atoms with E-state index in [1.807, 2.05) is 7.05 Å². The number of hydrogen-bond donors (Lipinski definition) is 1. The summed E-state index contributed by atoms with van der Waals surface area (Å²) in [6, 6.07) is 6.79. The third-order valence-corrected chi connectivity index (χ3v) is 4.45. The van der Waals surface area contributed by atoms with Gasteiger partial charge in [0, 0.05) is 19.1 Å². The highest BCUT2D eigenvalue weighted by atomic mass is 35.5. The summed E-state index contributed by atoms with van der Waals surface area (Å²) in [6.07, 6.45) is 2.55. The zero-order valence-electron chi connectivity index (χ0n) is 12.5. The summed E-state index contributed by atoms with van der Waals surface area (Å²) in [5, 5.41) is 4.12. The number of benzene rings is 1. The van der Waals surface area contributed by atoms with Crippen molar-refractivity contribution in [3.8, 4) is 0 Å². The Hall–Kier alpha value is -0.730. The van der Waals surface area contributed by atoms with E-state index >= 15 is 0 Å². The first-order valence-electron chi connectivity index (χ1n) is 7.14. The Balaban J connectivity index is 2.21. The van der Waals surface area contributed by atoms with Gasteiger partial charge in [0.15, 0.2) is 0 Å². The highest BCUT2D eigenvalue weighted by molar-refractivity contribution is 6.33. The Labute approximate surface area is 122 Å². The molecule has 1 aliphatic rings. The van der Waals surface area contributed by atoms with Gasteiger partial charge in [-0.05, 0) is 49.9 Å². The predicted molar refractivity (Wildman–Crippen MR) is 84.2 cm³/mol. The normalized spacial score (nSPS) is 20.4. The highest BCUT2D eigenvalue weighted by Gasteiger charge is 2.27. The summed E-state index contributed by atoms with van der Waals surface area (Å²) < 4.78 is 0. The predicted octanol–water partition coefficient (Wildman–Crippen LogP) is 4.25. The molecule has 1 fully saturated rings. The van der Waals surface area contributed by atoms with Crippen LogP contribution in [0, 0.1) is 5.41 Å². The second-order valence-corrected chi connectivity index (χ2v) is 6.82. The molecule has 0 amide bonds. The van der Waals surface area contributed by atoms with E-state index in [0.29, 0.717) is 11.5 Å². The van der Waals surface area contributed by atoms with E-state index in [2.05, 4.69) is 49.2 Å². The van der Waals surface area contributed by atoms with Gasteiger partial charge in [0.05, 0.1) is 10.7 Å². The summed E-state index contributed by atoms with van der Waals surface area (Å²) >= 11 is 6.49. The SMILES string of the molecule is CNC(C)c1ccc(N2CCCC(C)(C)C2)c(Cl)c1. The lowest BCUT2D eigenvalue weighted by atomic mass is 9.84. The average molecular weight is 281 g/mol. The molecule has 1 aliphatic heterocycles. The topological polar surface area (TPSA) is 15.3 Å². The van der Waals surface area contributed by atoms with E-state index < -0.39 is 0 Å². The molecule has 0 aliphatic carbocycles. The van der Waals surface area contributed by atoms with Gasteiger partial charge in [0.1, 0.15) is 0 Å². The van der Waals surface area contributed by atoms with E-state index in [9.17, 15) is 0 Å². The van der Waals surface area contributed by atoms with Gasteiger partial charge in [0.2, 0.25) is 0 Å². The lowest BCUT2D eigenvalue weighted by Crippen LogP contribution is -2.40. The van der Waals surface area contributed by atoms with Gasteiger partial charge in [-0.15, -0.1) is 0 Å². The smallest absolute Gasteiger partial charge is 0.0642 e. The molecular formula is C16H25ClN2. The van der Waals surface area contributed by atoms with Crippen molar-refractivity contribution in [3.63, 3.8) is 0 Å². The maximum absolute atomic E-state index is 6.49.